The Balaban J connectivity index is 2.34. The van der Waals surface area contributed by atoms with E-state index < -0.39 is 0 Å². The minimum absolute atomic E-state index is 0.545. The number of nitrogens with two attached hydrogens (primary N) is 1. The molecule has 0 fully saturated rings. The van der Waals surface area contributed by atoms with E-state index in [-0.39, 0.29) is 0 Å². The van der Waals surface area contributed by atoms with Crippen LogP contribution in [0, 0.1) is 20.8 Å². The summed E-state index contributed by atoms with van der Waals surface area (Å²) in [6, 6.07) is 7.38. The van der Waals surface area contributed by atoms with Gasteiger partial charge in [0, 0.05) is 23.0 Å². The molecule has 0 radical (unpaired) electrons. The summed E-state index contributed by atoms with van der Waals surface area (Å²) in [5.41, 5.74) is 8.34. The van der Waals surface area contributed by atoms with Gasteiger partial charge < -0.3 is 10.5 Å². The van der Waals surface area contributed by atoms with Gasteiger partial charge in [0.1, 0.15) is 11.6 Å². The number of hydrogen-bond donors (Lipinski definition) is 1. The van der Waals surface area contributed by atoms with Crippen molar-refractivity contribution in [2.45, 2.75) is 20.8 Å². The molecule has 88 valence electrons. The molecule has 0 aliphatic rings. The van der Waals surface area contributed by atoms with Crippen molar-refractivity contribution in [1.29, 1.82) is 0 Å². The maximum Gasteiger partial charge on any atom is 0.222 e. The number of hydrogen-bond acceptors (Lipinski definition) is 4. The lowest BCUT2D eigenvalue weighted by atomic mass is 10.2. The molecule has 0 unspecified atom stereocenters. The van der Waals surface area contributed by atoms with Gasteiger partial charge >= 0.3 is 0 Å². The molecule has 2 N–H and O–H groups in total. The van der Waals surface area contributed by atoms with Crippen LogP contribution in [0.5, 0.6) is 11.6 Å². The third-order valence-corrected chi connectivity index (χ3v) is 2.48. The molecule has 1 aromatic heterocycles. The van der Waals surface area contributed by atoms with Gasteiger partial charge in [0.15, 0.2) is 0 Å². The predicted molar refractivity (Wildman–Crippen MR) is 67.2 cm³/mol. The van der Waals surface area contributed by atoms with Crippen LogP contribution in [0.3, 0.4) is 0 Å². The van der Waals surface area contributed by atoms with Gasteiger partial charge in [0.2, 0.25) is 5.88 Å². The molecule has 4 heteroatoms. The van der Waals surface area contributed by atoms with Gasteiger partial charge in [-0.15, -0.1) is 0 Å². The van der Waals surface area contributed by atoms with Gasteiger partial charge in [-0.2, -0.15) is 4.98 Å². The van der Waals surface area contributed by atoms with E-state index >= 15 is 0 Å². The molecule has 1 aromatic carbocycles. The zero-order valence-electron chi connectivity index (χ0n) is 10.2. The van der Waals surface area contributed by atoms with E-state index in [0.29, 0.717) is 17.4 Å². The molecule has 0 saturated heterocycles. The standard InChI is InChI=1S/C13H15N3O/c1-8-7-13(16-10(3)15-8)17-12-6-4-5-11(14)9(12)2/h4-7H,14H2,1-3H3. The monoisotopic (exact) mass is 229 g/mol. The molecule has 0 amide bonds. The van der Waals surface area contributed by atoms with Crippen LogP contribution in [0.1, 0.15) is 17.1 Å². The summed E-state index contributed by atoms with van der Waals surface area (Å²) in [6.45, 7) is 5.67. The molecular formula is C13H15N3O. The van der Waals surface area contributed by atoms with Gasteiger partial charge in [0.25, 0.3) is 0 Å². The third-order valence-electron chi connectivity index (χ3n) is 2.48. The van der Waals surface area contributed by atoms with Crippen molar-refractivity contribution in [3.8, 4) is 11.6 Å². The first-order valence-electron chi connectivity index (χ1n) is 5.41. The number of aryl methyl sites for hydroxylation is 2. The van der Waals surface area contributed by atoms with Gasteiger partial charge in [-0.1, -0.05) is 6.07 Å². The third kappa shape index (κ3) is 2.53. The zero-order chi connectivity index (χ0) is 12.4. The number of nitrogens with zero attached hydrogens (tertiary/aromatic N) is 2. The summed E-state index contributed by atoms with van der Waals surface area (Å²) < 4.78 is 5.72. The first kappa shape index (κ1) is 11.4. The van der Waals surface area contributed by atoms with E-state index in [9.17, 15) is 0 Å². The van der Waals surface area contributed by atoms with E-state index in [2.05, 4.69) is 9.97 Å². The normalized spacial score (nSPS) is 10.3. The summed E-state index contributed by atoms with van der Waals surface area (Å²) in [5, 5.41) is 0. The largest absolute Gasteiger partial charge is 0.439 e. The van der Waals surface area contributed by atoms with Crippen LogP contribution in [0.4, 0.5) is 5.69 Å². The molecule has 0 aliphatic heterocycles. The quantitative estimate of drug-likeness (QED) is 0.804. The lowest BCUT2D eigenvalue weighted by Gasteiger charge is -2.10. The fourth-order valence-corrected chi connectivity index (χ4v) is 1.59. The fourth-order valence-electron chi connectivity index (χ4n) is 1.59. The zero-order valence-corrected chi connectivity index (χ0v) is 10.2. The Bertz CT molecular complexity index is 532. The molecule has 0 bridgehead atoms. The topological polar surface area (TPSA) is 61.0 Å². The second-order valence-corrected chi connectivity index (χ2v) is 3.97. The lowest BCUT2D eigenvalue weighted by Crippen LogP contribution is -1.97. The van der Waals surface area contributed by atoms with Crippen LogP contribution in [0.15, 0.2) is 24.3 Å². The Labute approximate surface area is 100 Å². The van der Waals surface area contributed by atoms with Gasteiger partial charge in [-0.05, 0) is 32.9 Å². The molecule has 0 atom stereocenters. The lowest BCUT2D eigenvalue weighted by molar-refractivity contribution is 0.456. The number of aromatic nitrogens is 2. The van der Waals surface area contributed by atoms with E-state index in [1.165, 1.54) is 0 Å². The average Bonchev–Trinajstić information content (AvgIpc) is 2.23. The number of benzene rings is 1. The second kappa shape index (κ2) is 4.41. The first-order valence-corrected chi connectivity index (χ1v) is 5.41. The molecule has 0 aliphatic carbocycles. The molecule has 0 saturated carbocycles. The van der Waals surface area contributed by atoms with Crippen LogP contribution in [0.2, 0.25) is 0 Å². The summed E-state index contributed by atoms with van der Waals surface area (Å²) in [4.78, 5) is 8.43. The van der Waals surface area contributed by atoms with Crippen molar-refractivity contribution >= 4 is 5.69 Å². The first-order chi connectivity index (χ1) is 8.06. The molecule has 17 heavy (non-hydrogen) atoms. The molecular weight excluding hydrogens is 214 g/mol. The molecule has 1 heterocycles. The molecule has 4 nitrogen and oxygen atoms in total. The van der Waals surface area contributed by atoms with E-state index in [1.54, 1.807) is 6.07 Å². The van der Waals surface area contributed by atoms with Gasteiger partial charge in [-0.3, -0.25) is 0 Å². The van der Waals surface area contributed by atoms with E-state index in [4.69, 9.17) is 10.5 Å². The van der Waals surface area contributed by atoms with Crippen LogP contribution in [-0.2, 0) is 0 Å². The highest BCUT2D eigenvalue weighted by Gasteiger charge is 2.06. The van der Waals surface area contributed by atoms with Crippen LogP contribution < -0.4 is 10.5 Å². The highest BCUT2D eigenvalue weighted by molar-refractivity contribution is 5.53. The summed E-state index contributed by atoms with van der Waals surface area (Å²) >= 11 is 0. The smallest absolute Gasteiger partial charge is 0.222 e. The Hall–Kier alpha value is -2.10. The van der Waals surface area contributed by atoms with Crippen LogP contribution in [-0.4, -0.2) is 9.97 Å². The van der Waals surface area contributed by atoms with Crippen molar-refractivity contribution in [2.24, 2.45) is 0 Å². The van der Waals surface area contributed by atoms with Crippen LogP contribution in [0.25, 0.3) is 0 Å². The predicted octanol–water partition coefficient (Wildman–Crippen LogP) is 2.78. The Morgan fingerprint density at radius 3 is 2.59 bits per heavy atom. The Kier molecular flexibility index (Phi) is 2.95. The Morgan fingerprint density at radius 2 is 1.88 bits per heavy atom. The second-order valence-electron chi connectivity index (χ2n) is 3.97. The molecule has 0 spiro atoms. The summed E-state index contributed by atoms with van der Waals surface area (Å²) in [7, 11) is 0. The average molecular weight is 229 g/mol. The van der Waals surface area contributed by atoms with Crippen molar-refractivity contribution in [3.63, 3.8) is 0 Å². The maximum absolute atomic E-state index is 5.82. The minimum Gasteiger partial charge on any atom is -0.439 e. The Morgan fingerprint density at radius 1 is 1.12 bits per heavy atom. The molecule has 2 rings (SSSR count). The fraction of sp³-hybridized carbons (Fsp3) is 0.231. The van der Waals surface area contributed by atoms with Crippen molar-refractivity contribution in [3.05, 3.63) is 41.3 Å². The van der Waals surface area contributed by atoms with Gasteiger partial charge in [0.05, 0.1) is 0 Å². The van der Waals surface area contributed by atoms with Crippen molar-refractivity contribution in [1.82, 2.24) is 9.97 Å². The highest BCUT2D eigenvalue weighted by Crippen LogP contribution is 2.27. The number of nitrogen functional groups attached to an aromatic ring is 1. The summed E-state index contributed by atoms with van der Waals surface area (Å²) in [5.74, 6) is 1.97. The minimum atomic E-state index is 0.545. The number of ether oxygens (including phenoxy) is 1. The highest BCUT2D eigenvalue weighted by atomic mass is 16.5. The molecule has 2 aromatic rings. The van der Waals surface area contributed by atoms with Crippen LogP contribution >= 0.6 is 0 Å². The van der Waals surface area contributed by atoms with E-state index in [0.717, 1.165) is 17.0 Å². The summed E-state index contributed by atoms with van der Waals surface area (Å²) in [6.07, 6.45) is 0. The van der Waals surface area contributed by atoms with Crippen molar-refractivity contribution in [2.75, 3.05) is 5.73 Å². The van der Waals surface area contributed by atoms with E-state index in [1.807, 2.05) is 39.0 Å². The van der Waals surface area contributed by atoms with Crippen molar-refractivity contribution < 1.29 is 4.74 Å². The number of anilines is 1. The van der Waals surface area contributed by atoms with Gasteiger partial charge in [-0.25, -0.2) is 4.98 Å². The maximum atomic E-state index is 5.82. The number of rotatable bonds is 2. The SMILES string of the molecule is Cc1cc(Oc2cccc(N)c2C)nc(C)n1.